The van der Waals surface area contributed by atoms with Gasteiger partial charge in [-0.05, 0) is 38.9 Å². The second kappa shape index (κ2) is 11.3. The van der Waals surface area contributed by atoms with Gasteiger partial charge >= 0.3 is 12.1 Å². The molecule has 1 amide bonds. The first-order valence-electron chi connectivity index (χ1n) is 11.5. The average Bonchev–Trinajstić information content (AvgIpc) is 3.03. The highest BCUT2D eigenvalue weighted by Gasteiger charge is 2.43. The summed E-state index contributed by atoms with van der Waals surface area (Å²) in [6.45, 7) is 13.3. The number of carboxylic acid groups (broad SMARTS) is 1. The van der Waals surface area contributed by atoms with Gasteiger partial charge < -0.3 is 29.4 Å². The topological polar surface area (TPSA) is 79.8 Å². The lowest BCUT2D eigenvalue weighted by atomic mass is 10.1. The smallest absolute Gasteiger partial charge is 0.411 e. The molecular formula is C21H39N5O4. The lowest BCUT2D eigenvalue weighted by molar-refractivity contribution is -0.137. The Kier molecular flexibility index (Phi) is 8.73. The molecule has 3 saturated heterocycles. The molecule has 0 aromatic rings. The summed E-state index contributed by atoms with van der Waals surface area (Å²) >= 11 is 0. The lowest BCUT2D eigenvalue weighted by Crippen LogP contribution is -2.54. The molecule has 0 aromatic carbocycles. The van der Waals surface area contributed by atoms with Gasteiger partial charge in [-0.15, -0.1) is 0 Å². The van der Waals surface area contributed by atoms with Crippen LogP contribution in [0, 0.1) is 0 Å². The van der Waals surface area contributed by atoms with E-state index in [4.69, 9.17) is 9.84 Å². The van der Waals surface area contributed by atoms with Crippen molar-refractivity contribution >= 4 is 12.1 Å². The van der Waals surface area contributed by atoms with Crippen LogP contribution in [0.1, 0.15) is 32.6 Å². The van der Waals surface area contributed by atoms with E-state index in [1.807, 2.05) is 7.05 Å². The van der Waals surface area contributed by atoms with Crippen molar-refractivity contribution in [2.75, 3.05) is 79.0 Å². The highest BCUT2D eigenvalue weighted by atomic mass is 16.6. The quantitative estimate of drug-likeness (QED) is 0.547. The number of piperazine rings is 2. The SMILES string of the molecule is CCN1CCN(CCCC2C(N3CCN(CCCC(=O)O)CC3)OC(=O)N2C)CC1. The molecule has 1 N–H and O–H groups in total. The van der Waals surface area contributed by atoms with Crippen molar-refractivity contribution in [2.45, 2.75) is 44.9 Å². The Hall–Kier alpha value is -1.42. The molecule has 3 rings (SSSR count). The number of nitrogens with zero attached hydrogens (tertiary/aromatic N) is 5. The zero-order valence-corrected chi connectivity index (χ0v) is 18.7. The third-order valence-electron chi connectivity index (χ3n) is 6.85. The molecular weight excluding hydrogens is 386 g/mol. The minimum atomic E-state index is -0.732. The van der Waals surface area contributed by atoms with Gasteiger partial charge in [0.05, 0.1) is 6.04 Å². The molecule has 9 nitrogen and oxygen atoms in total. The number of carbonyl (C=O) groups is 2. The molecule has 2 atom stereocenters. The van der Waals surface area contributed by atoms with E-state index in [-0.39, 0.29) is 24.8 Å². The zero-order chi connectivity index (χ0) is 21.5. The minimum absolute atomic E-state index is 0.105. The molecule has 2 unspecified atom stereocenters. The Morgan fingerprint density at radius 2 is 1.53 bits per heavy atom. The second-order valence-corrected chi connectivity index (χ2v) is 8.75. The van der Waals surface area contributed by atoms with Crippen molar-refractivity contribution in [3.63, 3.8) is 0 Å². The van der Waals surface area contributed by atoms with Crippen LogP contribution in [0.2, 0.25) is 0 Å². The van der Waals surface area contributed by atoms with Crippen molar-refractivity contribution < 1.29 is 19.4 Å². The predicted octanol–water partition coefficient (Wildman–Crippen LogP) is 0.663. The Bertz CT molecular complexity index is 562. The summed E-state index contributed by atoms with van der Waals surface area (Å²) in [6.07, 6.45) is 2.56. The summed E-state index contributed by atoms with van der Waals surface area (Å²) < 4.78 is 5.74. The molecule has 0 aromatic heterocycles. The number of ether oxygens (including phenoxy) is 1. The maximum Gasteiger partial charge on any atom is 0.411 e. The zero-order valence-electron chi connectivity index (χ0n) is 18.7. The molecule has 172 valence electrons. The molecule has 3 fully saturated rings. The summed E-state index contributed by atoms with van der Waals surface area (Å²) in [5.41, 5.74) is 0. The van der Waals surface area contributed by atoms with Gasteiger partial charge in [-0.25, -0.2) is 4.79 Å². The average molecular weight is 426 g/mol. The van der Waals surface area contributed by atoms with Crippen molar-refractivity contribution in [1.82, 2.24) is 24.5 Å². The normalized spacial score (nSPS) is 27.5. The summed E-state index contributed by atoms with van der Waals surface area (Å²) in [5.74, 6) is -0.732. The number of hydrogen-bond acceptors (Lipinski definition) is 7. The lowest BCUT2D eigenvalue weighted by Gasteiger charge is -2.39. The monoisotopic (exact) mass is 425 g/mol. The maximum absolute atomic E-state index is 12.2. The van der Waals surface area contributed by atoms with Crippen LogP contribution in [-0.4, -0.2) is 133 Å². The maximum atomic E-state index is 12.2. The molecule has 0 spiro atoms. The number of rotatable bonds is 10. The molecule has 0 aliphatic carbocycles. The van der Waals surface area contributed by atoms with Gasteiger partial charge in [0.1, 0.15) is 0 Å². The summed E-state index contributed by atoms with van der Waals surface area (Å²) in [7, 11) is 1.86. The van der Waals surface area contributed by atoms with Crippen molar-refractivity contribution in [1.29, 1.82) is 0 Å². The Labute approximate surface area is 180 Å². The van der Waals surface area contributed by atoms with Crippen molar-refractivity contribution in [3.05, 3.63) is 0 Å². The van der Waals surface area contributed by atoms with Gasteiger partial charge in [0.2, 0.25) is 0 Å². The number of cyclic esters (lactones) is 1. The Morgan fingerprint density at radius 3 is 2.13 bits per heavy atom. The highest BCUT2D eigenvalue weighted by Crippen LogP contribution is 2.26. The molecule has 9 heteroatoms. The van der Waals surface area contributed by atoms with Crippen LogP contribution in [0.15, 0.2) is 0 Å². The number of carbonyl (C=O) groups excluding carboxylic acids is 1. The van der Waals surface area contributed by atoms with Gasteiger partial charge in [0, 0.05) is 65.8 Å². The summed E-state index contributed by atoms with van der Waals surface area (Å²) in [5, 5.41) is 8.80. The van der Waals surface area contributed by atoms with Crippen LogP contribution in [-0.2, 0) is 9.53 Å². The molecule has 0 radical (unpaired) electrons. The van der Waals surface area contributed by atoms with Crippen LogP contribution in [0.5, 0.6) is 0 Å². The number of amides is 1. The van der Waals surface area contributed by atoms with Crippen LogP contribution in [0.25, 0.3) is 0 Å². The molecule has 0 bridgehead atoms. The minimum Gasteiger partial charge on any atom is -0.481 e. The first-order valence-corrected chi connectivity index (χ1v) is 11.5. The Morgan fingerprint density at radius 1 is 0.967 bits per heavy atom. The van der Waals surface area contributed by atoms with E-state index in [2.05, 4.69) is 26.5 Å². The molecule has 30 heavy (non-hydrogen) atoms. The fraction of sp³-hybridized carbons (Fsp3) is 0.905. The summed E-state index contributed by atoms with van der Waals surface area (Å²) in [4.78, 5) is 34.3. The van der Waals surface area contributed by atoms with Crippen molar-refractivity contribution in [3.8, 4) is 0 Å². The van der Waals surface area contributed by atoms with E-state index < -0.39 is 5.97 Å². The fourth-order valence-electron chi connectivity index (χ4n) is 4.79. The van der Waals surface area contributed by atoms with Crippen LogP contribution < -0.4 is 0 Å². The van der Waals surface area contributed by atoms with Crippen LogP contribution >= 0.6 is 0 Å². The number of carboxylic acids is 1. The van der Waals surface area contributed by atoms with Gasteiger partial charge in [-0.2, -0.15) is 0 Å². The molecule has 3 aliphatic heterocycles. The largest absolute Gasteiger partial charge is 0.481 e. The van der Waals surface area contributed by atoms with Gasteiger partial charge in [-0.1, -0.05) is 6.92 Å². The highest BCUT2D eigenvalue weighted by molar-refractivity contribution is 5.70. The standard InChI is InChI=1S/C21H39N5O4/c1-3-23-10-12-24(13-11-23)8-4-6-18-20(30-21(29)22(18)2)26-16-14-25(15-17-26)9-5-7-19(27)28/h18,20H,3-17H2,1-2H3,(H,27,28). The van der Waals surface area contributed by atoms with E-state index in [1.165, 1.54) is 0 Å². The first kappa shape index (κ1) is 23.2. The van der Waals surface area contributed by atoms with E-state index in [0.717, 1.165) is 84.8 Å². The second-order valence-electron chi connectivity index (χ2n) is 8.75. The first-order chi connectivity index (χ1) is 14.5. The fourth-order valence-corrected chi connectivity index (χ4v) is 4.79. The summed E-state index contributed by atoms with van der Waals surface area (Å²) in [6, 6.07) is 0.105. The predicted molar refractivity (Wildman–Crippen MR) is 114 cm³/mol. The molecule has 3 heterocycles. The Balaban J connectivity index is 1.42. The number of aliphatic carboxylic acids is 1. The van der Waals surface area contributed by atoms with Crippen molar-refractivity contribution in [2.24, 2.45) is 0 Å². The van der Waals surface area contributed by atoms with Gasteiger partial charge in [-0.3, -0.25) is 9.69 Å². The van der Waals surface area contributed by atoms with E-state index in [9.17, 15) is 9.59 Å². The molecule has 3 aliphatic rings. The van der Waals surface area contributed by atoms with Gasteiger partial charge in [0.25, 0.3) is 0 Å². The van der Waals surface area contributed by atoms with Crippen LogP contribution in [0.4, 0.5) is 4.79 Å². The third kappa shape index (κ3) is 6.29. The van der Waals surface area contributed by atoms with Gasteiger partial charge in [0.15, 0.2) is 6.23 Å². The number of likely N-dealkylation sites (N-methyl/N-ethyl adjacent to an activating group) is 2. The van der Waals surface area contributed by atoms with E-state index >= 15 is 0 Å². The van der Waals surface area contributed by atoms with E-state index in [1.54, 1.807) is 4.90 Å². The third-order valence-corrected chi connectivity index (χ3v) is 6.85. The van der Waals surface area contributed by atoms with E-state index in [0.29, 0.717) is 6.42 Å². The molecule has 0 saturated carbocycles. The van der Waals surface area contributed by atoms with Crippen LogP contribution in [0.3, 0.4) is 0 Å². The number of hydrogen-bond donors (Lipinski definition) is 1.